The summed E-state index contributed by atoms with van der Waals surface area (Å²) in [4.78, 5) is 43.3. The second kappa shape index (κ2) is 7.52. The van der Waals surface area contributed by atoms with Crippen molar-refractivity contribution in [1.82, 2.24) is 9.97 Å². The minimum atomic E-state index is -0.734. The van der Waals surface area contributed by atoms with Crippen molar-refractivity contribution in [1.29, 1.82) is 0 Å². The molecule has 0 spiro atoms. The zero-order valence-electron chi connectivity index (χ0n) is 17.2. The van der Waals surface area contributed by atoms with Crippen LogP contribution in [0.3, 0.4) is 0 Å². The van der Waals surface area contributed by atoms with Gasteiger partial charge in [0.25, 0.3) is 5.56 Å². The van der Waals surface area contributed by atoms with E-state index in [-0.39, 0.29) is 17.2 Å². The predicted molar refractivity (Wildman–Crippen MR) is 123 cm³/mol. The Kier molecular flexibility index (Phi) is 4.78. The second-order valence-electron chi connectivity index (χ2n) is 7.39. The summed E-state index contributed by atoms with van der Waals surface area (Å²) in [6.45, 7) is 2.30. The van der Waals surface area contributed by atoms with Gasteiger partial charge in [-0.3, -0.25) is 19.6 Å². The van der Waals surface area contributed by atoms with Crippen molar-refractivity contribution in [2.24, 2.45) is 0 Å². The number of methoxy groups -OCH3 is 1. The van der Waals surface area contributed by atoms with Gasteiger partial charge >= 0.3 is 5.69 Å². The Labute approximate surface area is 190 Å². The molecular weight excluding hydrogens is 478 g/mol. The molecule has 0 unspecified atom stereocenters. The molecule has 0 amide bonds. The van der Waals surface area contributed by atoms with E-state index in [9.17, 15) is 14.4 Å². The Morgan fingerprint density at radius 1 is 1.06 bits per heavy atom. The normalized spacial score (nSPS) is 16.2. The molecule has 3 aromatic rings. The molecule has 2 heterocycles. The quantitative estimate of drug-likeness (QED) is 0.511. The van der Waals surface area contributed by atoms with Crippen LogP contribution in [-0.4, -0.2) is 29.5 Å². The Morgan fingerprint density at radius 3 is 2.53 bits per heavy atom. The first-order chi connectivity index (χ1) is 15.4. The first-order valence-corrected chi connectivity index (χ1v) is 10.8. The maximum Gasteiger partial charge on any atom is 0.327 e. The minimum absolute atomic E-state index is 0.173. The van der Waals surface area contributed by atoms with Crippen LogP contribution in [0.5, 0.6) is 11.5 Å². The zero-order chi connectivity index (χ0) is 22.6. The van der Waals surface area contributed by atoms with E-state index in [0.717, 1.165) is 5.56 Å². The number of carbonyl (C=O) groups excluding carboxylic acids is 1. The highest BCUT2D eigenvalue weighted by atomic mass is 79.9. The molecule has 3 N–H and O–H groups in total. The fraction of sp³-hybridized carbons (Fsp3) is 0.174. The molecule has 1 atom stereocenters. The highest BCUT2D eigenvalue weighted by molar-refractivity contribution is 9.10. The van der Waals surface area contributed by atoms with E-state index >= 15 is 0 Å². The maximum absolute atomic E-state index is 13.5. The summed E-state index contributed by atoms with van der Waals surface area (Å²) in [5.41, 5.74) is 1.98. The van der Waals surface area contributed by atoms with Crippen LogP contribution in [-0.2, 0) is 0 Å². The van der Waals surface area contributed by atoms with E-state index in [1.54, 1.807) is 24.3 Å². The van der Waals surface area contributed by atoms with E-state index < -0.39 is 17.2 Å². The van der Waals surface area contributed by atoms with Crippen LogP contribution in [0.4, 0.5) is 5.82 Å². The number of fused-ring (bicyclic) bond motifs is 3. The maximum atomic E-state index is 13.5. The molecule has 8 nitrogen and oxygen atoms in total. The van der Waals surface area contributed by atoms with Gasteiger partial charge in [0.05, 0.1) is 29.4 Å². The standard InChI is InChI=1S/C23H18BrN3O5/c1-3-32-20-13(24)8-10(9-14(20)31-2)15-16-18(11-6-4-5-7-12(11)19(16)28)25-21-17(15)22(29)27-23(30)26-21/h4-9,15H,3H2,1-2H3,(H3,25,26,27,29,30)/t15-/m1/s1. The molecule has 2 aliphatic rings. The lowest BCUT2D eigenvalue weighted by atomic mass is 9.81. The summed E-state index contributed by atoms with van der Waals surface area (Å²) in [5, 5.41) is 3.12. The Morgan fingerprint density at radius 2 is 1.81 bits per heavy atom. The third-order valence-electron chi connectivity index (χ3n) is 5.64. The summed E-state index contributed by atoms with van der Waals surface area (Å²) < 4.78 is 11.8. The Hall–Kier alpha value is -3.59. The second-order valence-corrected chi connectivity index (χ2v) is 8.24. The molecule has 1 aliphatic heterocycles. The summed E-state index contributed by atoms with van der Waals surface area (Å²) >= 11 is 3.53. The zero-order valence-corrected chi connectivity index (χ0v) is 18.8. The lowest BCUT2D eigenvalue weighted by Gasteiger charge is -2.28. The summed E-state index contributed by atoms with van der Waals surface area (Å²) in [7, 11) is 1.52. The summed E-state index contributed by atoms with van der Waals surface area (Å²) in [6.07, 6.45) is 0. The summed E-state index contributed by atoms with van der Waals surface area (Å²) in [6, 6.07) is 10.8. The van der Waals surface area contributed by atoms with Gasteiger partial charge in [-0.15, -0.1) is 0 Å². The largest absolute Gasteiger partial charge is 0.493 e. The molecule has 0 radical (unpaired) electrons. The molecule has 1 aliphatic carbocycles. The number of hydrogen-bond donors (Lipinski definition) is 3. The third-order valence-corrected chi connectivity index (χ3v) is 6.22. The van der Waals surface area contributed by atoms with Gasteiger partial charge in [0.2, 0.25) is 0 Å². The molecule has 2 aromatic carbocycles. The molecule has 1 aromatic heterocycles. The lowest BCUT2D eigenvalue weighted by Crippen LogP contribution is -2.33. The number of aromatic amines is 2. The van der Waals surface area contributed by atoms with Crippen LogP contribution < -0.4 is 26.0 Å². The van der Waals surface area contributed by atoms with Gasteiger partial charge in [-0.1, -0.05) is 24.3 Å². The molecule has 162 valence electrons. The van der Waals surface area contributed by atoms with Crippen LogP contribution in [0.2, 0.25) is 0 Å². The monoisotopic (exact) mass is 495 g/mol. The number of nitrogens with one attached hydrogen (secondary N) is 3. The van der Waals surface area contributed by atoms with Crippen molar-refractivity contribution in [3.63, 3.8) is 0 Å². The van der Waals surface area contributed by atoms with Crippen molar-refractivity contribution in [2.45, 2.75) is 12.8 Å². The Bertz CT molecular complexity index is 1440. The van der Waals surface area contributed by atoms with E-state index in [2.05, 4.69) is 31.2 Å². The van der Waals surface area contributed by atoms with Gasteiger partial charge in [0, 0.05) is 22.6 Å². The van der Waals surface area contributed by atoms with Gasteiger partial charge in [-0.25, -0.2) is 4.79 Å². The third kappa shape index (κ3) is 2.92. The van der Waals surface area contributed by atoms with E-state index in [4.69, 9.17) is 9.47 Å². The van der Waals surface area contributed by atoms with Gasteiger partial charge in [-0.05, 0) is 40.5 Å². The van der Waals surface area contributed by atoms with Crippen LogP contribution in [0.25, 0.3) is 5.70 Å². The number of ether oxygens (including phenoxy) is 2. The van der Waals surface area contributed by atoms with E-state index in [1.165, 1.54) is 7.11 Å². The number of aromatic nitrogens is 2. The van der Waals surface area contributed by atoms with Crippen molar-refractivity contribution in [3.8, 4) is 11.5 Å². The first kappa shape index (κ1) is 20.3. The van der Waals surface area contributed by atoms with Crippen molar-refractivity contribution in [3.05, 3.63) is 89.5 Å². The number of ketones is 1. The molecule has 0 bridgehead atoms. The number of rotatable bonds is 4. The fourth-order valence-electron chi connectivity index (χ4n) is 4.38. The highest BCUT2D eigenvalue weighted by Gasteiger charge is 2.42. The molecule has 0 fully saturated rings. The van der Waals surface area contributed by atoms with Crippen LogP contribution >= 0.6 is 15.9 Å². The van der Waals surface area contributed by atoms with Gasteiger partial charge in [0.15, 0.2) is 17.3 Å². The SMILES string of the molecule is CCOc1c(Br)cc([C@@H]2C3=C(Nc4[nH]c(=O)[nH]c(=O)c42)c2ccccc2C3=O)cc1OC. The number of halogens is 1. The smallest absolute Gasteiger partial charge is 0.327 e. The molecule has 9 heteroatoms. The number of benzene rings is 2. The van der Waals surface area contributed by atoms with Gasteiger partial charge < -0.3 is 14.8 Å². The van der Waals surface area contributed by atoms with E-state index in [0.29, 0.717) is 45.0 Å². The lowest BCUT2D eigenvalue weighted by molar-refractivity contribution is 0.103. The van der Waals surface area contributed by atoms with Gasteiger partial charge in [-0.2, -0.15) is 0 Å². The number of anilines is 1. The molecular formula is C23H18BrN3O5. The first-order valence-electron chi connectivity index (χ1n) is 9.96. The average Bonchev–Trinajstić information content (AvgIpc) is 3.05. The van der Waals surface area contributed by atoms with Crippen LogP contribution in [0.1, 0.15) is 39.9 Å². The minimum Gasteiger partial charge on any atom is -0.493 e. The fourth-order valence-corrected chi connectivity index (χ4v) is 4.95. The number of Topliss-reactive ketones (excluding diaryl/α,β-unsaturated/α-hetero) is 1. The molecule has 5 rings (SSSR count). The van der Waals surface area contributed by atoms with Crippen molar-refractivity contribution in [2.75, 3.05) is 19.0 Å². The topological polar surface area (TPSA) is 113 Å². The molecule has 0 saturated heterocycles. The number of allylic oxidation sites excluding steroid dienone is 1. The average molecular weight is 496 g/mol. The highest BCUT2D eigenvalue weighted by Crippen LogP contribution is 2.49. The van der Waals surface area contributed by atoms with Crippen molar-refractivity contribution < 1.29 is 14.3 Å². The van der Waals surface area contributed by atoms with Gasteiger partial charge in [0.1, 0.15) is 5.82 Å². The molecule has 32 heavy (non-hydrogen) atoms. The number of carbonyl (C=O) groups is 1. The Balaban J connectivity index is 1.81. The van der Waals surface area contributed by atoms with E-state index in [1.807, 2.05) is 19.1 Å². The van der Waals surface area contributed by atoms with Crippen molar-refractivity contribution >= 4 is 33.2 Å². The predicted octanol–water partition coefficient (Wildman–Crippen LogP) is 3.40. The summed E-state index contributed by atoms with van der Waals surface area (Å²) in [5.74, 6) is 0.340. The van der Waals surface area contributed by atoms with Crippen LogP contribution in [0, 0.1) is 0 Å². The molecule has 0 saturated carbocycles. The number of hydrogen-bond acceptors (Lipinski definition) is 6. The number of H-pyrrole nitrogens is 2. The van der Waals surface area contributed by atoms with Crippen LogP contribution in [0.15, 0.2) is 56.0 Å².